The summed E-state index contributed by atoms with van der Waals surface area (Å²) >= 11 is 0. The molecule has 6 heteroatoms. The van der Waals surface area contributed by atoms with Gasteiger partial charge in [0.2, 0.25) is 0 Å². The van der Waals surface area contributed by atoms with Crippen LogP contribution >= 0.6 is 0 Å². The van der Waals surface area contributed by atoms with Crippen LogP contribution in [0.3, 0.4) is 0 Å². The zero-order valence-electron chi connectivity index (χ0n) is 16.9. The summed E-state index contributed by atoms with van der Waals surface area (Å²) in [5, 5.41) is 8.40. The number of halogens is 3. The summed E-state index contributed by atoms with van der Waals surface area (Å²) in [7, 11) is -0.0146. The van der Waals surface area contributed by atoms with E-state index in [0.717, 1.165) is 24.3 Å². The van der Waals surface area contributed by atoms with Crippen LogP contribution in [0.4, 0.5) is 13.2 Å². The molecule has 0 amide bonds. The van der Waals surface area contributed by atoms with Gasteiger partial charge in [-0.05, 0) is 60.7 Å². The Kier molecular flexibility index (Phi) is 7.73. The molecule has 0 atom stereocenters. The van der Waals surface area contributed by atoms with Crippen molar-refractivity contribution in [2.24, 2.45) is 0 Å². The monoisotopic (exact) mass is 453 g/mol. The Labute approximate surface area is 187 Å². The molecule has 162 valence electrons. The summed E-state index contributed by atoms with van der Waals surface area (Å²) < 4.78 is 35.9. The first-order valence-corrected chi connectivity index (χ1v) is 10.9. The predicted octanol–water partition coefficient (Wildman–Crippen LogP) is 7.19. The van der Waals surface area contributed by atoms with Crippen molar-refractivity contribution in [2.45, 2.75) is 20.9 Å². The van der Waals surface area contributed by atoms with Crippen molar-refractivity contribution in [1.29, 1.82) is 0 Å². The molecule has 0 unspecified atom stereocenters. The molecule has 0 fully saturated rings. The van der Waals surface area contributed by atoms with Gasteiger partial charge in [0.05, 0.1) is 22.0 Å². The second-order valence-corrected chi connectivity index (χ2v) is 8.65. The minimum Gasteiger partial charge on any atom is -0.478 e. The summed E-state index contributed by atoms with van der Waals surface area (Å²) in [4.78, 5) is 14.4. The SMILES string of the molecule is O=C(O)c1ccc(C(F)(F)F)cc1.c1ccc([S+](c2ccccc2)c2ccccc2)cc1. The van der Waals surface area contributed by atoms with Crippen molar-refractivity contribution >= 4 is 16.9 Å². The highest BCUT2D eigenvalue weighted by Gasteiger charge is 2.30. The third-order valence-electron chi connectivity index (χ3n) is 4.40. The first kappa shape index (κ1) is 23.2. The van der Waals surface area contributed by atoms with Crippen LogP contribution < -0.4 is 0 Å². The zero-order chi connectivity index (χ0) is 23.0. The molecule has 0 saturated carbocycles. The highest BCUT2D eigenvalue weighted by atomic mass is 32.2. The maximum Gasteiger partial charge on any atom is 0.416 e. The lowest BCUT2D eigenvalue weighted by Gasteiger charge is -2.07. The van der Waals surface area contributed by atoms with Crippen LogP contribution in [0.25, 0.3) is 0 Å². The van der Waals surface area contributed by atoms with Crippen LogP contribution in [0.2, 0.25) is 0 Å². The first-order chi connectivity index (χ1) is 15.4. The lowest BCUT2D eigenvalue weighted by molar-refractivity contribution is -0.137. The quantitative estimate of drug-likeness (QED) is 0.332. The standard InChI is InChI=1S/C18H15S.C8H5F3O2/c1-4-10-16(11-5-1)19(17-12-6-2-7-13-17)18-14-8-3-9-15-18;9-8(10,11)6-3-1-5(2-4-6)7(12)13/h1-15H;1-4H,(H,12,13)/q+1;. The Balaban J connectivity index is 0.000000195. The van der Waals surface area contributed by atoms with Gasteiger partial charge in [-0.25, -0.2) is 4.79 Å². The number of hydrogen-bond donors (Lipinski definition) is 1. The van der Waals surface area contributed by atoms with Gasteiger partial charge in [-0.2, -0.15) is 13.2 Å². The summed E-state index contributed by atoms with van der Waals surface area (Å²) in [5.41, 5.74) is -1.01. The molecule has 0 aliphatic heterocycles. The summed E-state index contributed by atoms with van der Waals surface area (Å²) in [5.74, 6) is -1.24. The smallest absolute Gasteiger partial charge is 0.416 e. The molecular weight excluding hydrogens is 433 g/mol. The fourth-order valence-electron chi connectivity index (χ4n) is 2.88. The molecule has 0 bridgehead atoms. The number of alkyl halides is 3. The fourth-order valence-corrected chi connectivity index (χ4v) is 4.98. The van der Waals surface area contributed by atoms with E-state index in [1.165, 1.54) is 14.7 Å². The van der Waals surface area contributed by atoms with Gasteiger partial charge in [0.1, 0.15) is 0 Å². The van der Waals surface area contributed by atoms with Gasteiger partial charge < -0.3 is 5.11 Å². The molecule has 2 nitrogen and oxygen atoms in total. The molecule has 0 aliphatic carbocycles. The number of aromatic carboxylic acids is 1. The molecule has 0 spiro atoms. The Hall–Kier alpha value is -3.51. The van der Waals surface area contributed by atoms with Crippen molar-refractivity contribution in [2.75, 3.05) is 0 Å². The molecule has 0 saturated heterocycles. The van der Waals surface area contributed by atoms with Crippen molar-refractivity contribution < 1.29 is 23.1 Å². The van der Waals surface area contributed by atoms with E-state index in [-0.39, 0.29) is 16.5 Å². The molecule has 0 heterocycles. The second kappa shape index (κ2) is 10.7. The van der Waals surface area contributed by atoms with Crippen LogP contribution in [0.15, 0.2) is 130 Å². The van der Waals surface area contributed by atoms with Crippen molar-refractivity contribution in [3.8, 4) is 0 Å². The Bertz CT molecular complexity index is 1020. The van der Waals surface area contributed by atoms with Crippen LogP contribution in [0.5, 0.6) is 0 Å². The van der Waals surface area contributed by atoms with E-state index in [1.54, 1.807) is 0 Å². The van der Waals surface area contributed by atoms with E-state index >= 15 is 0 Å². The topological polar surface area (TPSA) is 37.3 Å². The van der Waals surface area contributed by atoms with Crippen LogP contribution in [0, 0.1) is 0 Å². The van der Waals surface area contributed by atoms with Crippen LogP contribution in [-0.2, 0) is 17.1 Å². The summed E-state index contributed by atoms with van der Waals surface area (Å²) in [6, 6.07) is 35.5. The van der Waals surface area contributed by atoms with Crippen molar-refractivity contribution in [3.63, 3.8) is 0 Å². The number of hydrogen-bond acceptors (Lipinski definition) is 1. The molecule has 0 aromatic heterocycles. The molecule has 4 rings (SSSR count). The largest absolute Gasteiger partial charge is 0.478 e. The fraction of sp³-hybridized carbons (Fsp3) is 0.0385. The van der Waals surface area contributed by atoms with Crippen LogP contribution in [-0.4, -0.2) is 11.1 Å². The summed E-state index contributed by atoms with van der Waals surface area (Å²) in [6.45, 7) is 0. The van der Waals surface area contributed by atoms with Crippen LogP contribution in [0.1, 0.15) is 15.9 Å². The molecular formula is C26H20F3O2S+. The highest BCUT2D eigenvalue weighted by Crippen LogP contribution is 2.30. The van der Waals surface area contributed by atoms with Gasteiger partial charge >= 0.3 is 12.1 Å². The number of carboxylic acids is 1. The maximum absolute atomic E-state index is 12.0. The molecule has 1 N–H and O–H groups in total. The van der Waals surface area contributed by atoms with Gasteiger partial charge in [-0.3, -0.25) is 0 Å². The Morgan fingerprint density at radius 2 is 0.938 bits per heavy atom. The van der Waals surface area contributed by atoms with E-state index in [4.69, 9.17) is 5.11 Å². The van der Waals surface area contributed by atoms with Crippen molar-refractivity contribution in [3.05, 3.63) is 126 Å². The van der Waals surface area contributed by atoms with E-state index in [0.29, 0.717) is 0 Å². The third kappa shape index (κ3) is 6.25. The predicted molar refractivity (Wildman–Crippen MR) is 120 cm³/mol. The molecule has 4 aromatic rings. The van der Waals surface area contributed by atoms with E-state index < -0.39 is 17.7 Å². The molecule has 0 aliphatic rings. The first-order valence-electron chi connectivity index (χ1n) is 9.66. The Morgan fingerprint density at radius 3 is 1.22 bits per heavy atom. The van der Waals surface area contributed by atoms with Gasteiger partial charge in [-0.15, -0.1) is 0 Å². The lowest BCUT2D eigenvalue weighted by atomic mass is 10.1. The molecule has 0 radical (unpaired) electrons. The number of rotatable bonds is 4. The highest BCUT2D eigenvalue weighted by molar-refractivity contribution is 7.97. The van der Waals surface area contributed by atoms with Gasteiger partial charge in [0.15, 0.2) is 14.7 Å². The zero-order valence-corrected chi connectivity index (χ0v) is 17.7. The summed E-state index contributed by atoms with van der Waals surface area (Å²) in [6.07, 6.45) is -4.42. The average molecular weight is 454 g/mol. The maximum atomic E-state index is 12.0. The van der Waals surface area contributed by atoms with E-state index in [2.05, 4.69) is 91.0 Å². The lowest BCUT2D eigenvalue weighted by Crippen LogP contribution is -2.05. The Morgan fingerprint density at radius 1 is 0.594 bits per heavy atom. The van der Waals surface area contributed by atoms with Crippen molar-refractivity contribution in [1.82, 2.24) is 0 Å². The van der Waals surface area contributed by atoms with Gasteiger partial charge in [0.25, 0.3) is 0 Å². The van der Waals surface area contributed by atoms with Gasteiger partial charge in [0, 0.05) is 0 Å². The van der Waals surface area contributed by atoms with E-state index in [1.807, 2.05) is 0 Å². The number of carboxylic acid groups (broad SMARTS) is 1. The van der Waals surface area contributed by atoms with E-state index in [9.17, 15) is 18.0 Å². The second-order valence-electron chi connectivity index (χ2n) is 6.63. The molecule has 4 aromatic carbocycles. The minimum absolute atomic E-state index is 0.0146. The van der Waals surface area contributed by atoms with Gasteiger partial charge in [-0.1, -0.05) is 54.6 Å². The number of carbonyl (C=O) groups is 1. The third-order valence-corrected chi connectivity index (χ3v) is 6.63. The normalized spacial score (nSPS) is 10.9. The molecule has 32 heavy (non-hydrogen) atoms. The number of benzene rings is 4. The average Bonchev–Trinajstić information content (AvgIpc) is 2.81. The minimum atomic E-state index is -4.42.